The lowest BCUT2D eigenvalue weighted by molar-refractivity contribution is 0.0157. The van der Waals surface area contributed by atoms with E-state index in [2.05, 4.69) is 4.98 Å². The maximum Gasteiger partial charge on any atom is 0.129 e. The summed E-state index contributed by atoms with van der Waals surface area (Å²) in [5, 5.41) is 0.521. The molecule has 16 heavy (non-hydrogen) atoms. The molecule has 1 aromatic heterocycles. The summed E-state index contributed by atoms with van der Waals surface area (Å²) in [6.07, 6.45) is 3.92. The fourth-order valence-corrected chi connectivity index (χ4v) is 1.99. The first-order valence-corrected chi connectivity index (χ1v) is 5.98. The van der Waals surface area contributed by atoms with Gasteiger partial charge in [0.15, 0.2) is 0 Å². The lowest BCUT2D eigenvalue weighted by Crippen LogP contribution is -2.20. The van der Waals surface area contributed by atoms with Gasteiger partial charge in [-0.3, -0.25) is 0 Å². The van der Waals surface area contributed by atoms with E-state index in [9.17, 15) is 0 Å². The highest BCUT2D eigenvalue weighted by atomic mass is 35.5. The number of ether oxygens (including phenoxy) is 2. The summed E-state index contributed by atoms with van der Waals surface area (Å²) in [6, 6.07) is 3.77. The fraction of sp³-hybridized carbons (Fsp3) is 0.583. The molecule has 3 nitrogen and oxygen atoms in total. The van der Waals surface area contributed by atoms with E-state index in [-0.39, 0.29) is 0 Å². The third-order valence-corrected chi connectivity index (χ3v) is 2.96. The minimum Gasteiger partial charge on any atom is -0.381 e. The number of halogens is 1. The molecule has 0 N–H and O–H groups in total. The zero-order chi connectivity index (χ0) is 11.2. The van der Waals surface area contributed by atoms with E-state index in [0.717, 1.165) is 38.2 Å². The van der Waals surface area contributed by atoms with Gasteiger partial charge in [-0.15, -0.1) is 0 Å². The van der Waals surface area contributed by atoms with Crippen LogP contribution in [-0.4, -0.2) is 24.8 Å². The Kier molecular flexibility index (Phi) is 4.57. The molecule has 1 fully saturated rings. The van der Waals surface area contributed by atoms with Crippen molar-refractivity contribution in [2.24, 2.45) is 5.92 Å². The molecule has 0 amide bonds. The van der Waals surface area contributed by atoms with E-state index >= 15 is 0 Å². The van der Waals surface area contributed by atoms with Crippen molar-refractivity contribution in [3.63, 3.8) is 0 Å². The summed E-state index contributed by atoms with van der Waals surface area (Å²) in [4.78, 5) is 3.93. The highest BCUT2D eigenvalue weighted by Crippen LogP contribution is 2.16. The molecule has 0 saturated carbocycles. The van der Waals surface area contributed by atoms with Crippen molar-refractivity contribution in [1.29, 1.82) is 0 Å². The minimum atomic E-state index is 0.521. The summed E-state index contributed by atoms with van der Waals surface area (Å²) >= 11 is 5.79. The van der Waals surface area contributed by atoms with E-state index in [1.54, 1.807) is 6.20 Å². The van der Waals surface area contributed by atoms with E-state index in [1.165, 1.54) is 0 Å². The van der Waals surface area contributed by atoms with Gasteiger partial charge in [0, 0.05) is 19.4 Å². The molecule has 1 saturated heterocycles. The molecule has 1 aliphatic heterocycles. The molecule has 88 valence electrons. The van der Waals surface area contributed by atoms with Gasteiger partial charge >= 0.3 is 0 Å². The van der Waals surface area contributed by atoms with E-state index in [4.69, 9.17) is 21.1 Å². The average molecular weight is 242 g/mol. The monoisotopic (exact) mass is 241 g/mol. The number of pyridine rings is 1. The zero-order valence-electron chi connectivity index (χ0n) is 9.19. The summed E-state index contributed by atoms with van der Waals surface area (Å²) in [7, 11) is 0. The molecule has 1 aromatic rings. The van der Waals surface area contributed by atoms with E-state index < -0.39 is 0 Å². The average Bonchev–Trinajstić information content (AvgIpc) is 2.30. The second-order valence-electron chi connectivity index (χ2n) is 4.06. The molecule has 0 atom stereocenters. The Bertz CT molecular complexity index is 327. The SMILES string of the molecule is Clc1cc(COCC2CCOCC2)ccn1. The van der Waals surface area contributed by atoms with Crippen LogP contribution in [0.3, 0.4) is 0 Å². The lowest BCUT2D eigenvalue weighted by atomic mass is 10.0. The van der Waals surface area contributed by atoms with Gasteiger partial charge in [-0.05, 0) is 36.5 Å². The van der Waals surface area contributed by atoms with Crippen molar-refractivity contribution in [2.75, 3.05) is 19.8 Å². The molecular formula is C12H16ClNO2. The zero-order valence-corrected chi connectivity index (χ0v) is 9.95. The molecule has 0 spiro atoms. The molecule has 0 aliphatic carbocycles. The summed E-state index contributed by atoms with van der Waals surface area (Å²) in [5.41, 5.74) is 1.08. The quantitative estimate of drug-likeness (QED) is 0.760. The molecule has 4 heteroatoms. The molecule has 0 unspecified atom stereocenters. The molecule has 0 radical (unpaired) electrons. The van der Waals surface area contributed by atoms with Crippen molar-refractivity contribution in [2.45, 2.75) is 19.4 Å². The molecule has 2 rings (SSSR count). The Balaban J connectivity index is 1.71. The number of hydrogen-bond acceptors (Lipinski definition) is 3. The van der Waals surface area contributed by atoms with Gasteiger partial charge < -0.3 is 9.47 Å². The van der Waals surface area contributed by atoms with Crippen LogP contribution >= 0.6 is 11.6 Å². The van der Waals surface area contributed by atoms with Gasteiger partial charge in [0.2, 0.25) is 0 Å². The number of rotatable bonds is 4. The van der Waals surface area contributed by atoms with Crippen LogP contribution in [-0.2, 0) is 16.1 Å². The van der Waals surface area contributed by atoms with Crippen LogP contribution in [0.15, 0.2) is 18.3 Å². The molecular weight excluding hydrogens is 226 g/mol. The molecule has 0 bridgehead atoms. The predicted molar refractivity (Wildman–Crippen MR) is 62.4 cm³/mol. The van der Waals surface area contributed by atoms with E-state index in [1.807, 2.05) is 12.1 Å². The first kappa shape index (κ1) is 11.8. The van der Waals surface area contributed by atoms with Gasteiger partial charge in [0.25, 0.3) is 0 Å². The standard InChI is InChI=1S/C12H16ClNO2/c13-12-7-11(1-4-14-12)9-16-8-10-2-5-15-6-3-10/h1,4,7,10H,2-3,5-6,8-9H2. The van der Waals surface area contributed by atoms with Crippen LogP contribution in [0.5, 0.6) is 0 Å². The second kappa shape index (κ2) is 6.18. The van der Waals surface area contributed by atoms with Crippen LogP contribution in [0.1, 0.15) is 18.4 Å². The smallest absolute Gasteiger partial charge is 0.129 e. The Morgan fingerprint density at radius 1 is 1.44 bits per heavy atom. The Labute approximate surface area is 101 Å². The van der Waals surface area contributed by atoms with Crippen LogP contribution in [0.25, 0.3) is 0 Å². The number of hydrogen-bond donors (Lipinski definition) is 0. The largest absolute Gasteiger partial charge is 0.381 e. The Morgan fingerprint density at radius 3 is 3.00 bits per heavy atom. The number of nitrogens with zero attached hydrogens (tertiary/aromatic N) is 1. The Hall–Kier alpha value is -0.640. The molecule has 1 aliphatic rings. The summed E-state index contributed by atoms with van der Waals surface area (Å²) in [5.74, 6) is 0.644. The van der Waals surface area contributed by atoms with Gasteiger partial charge in [-0.2, -0.15) is 0 Å². The van der Waals surface area contributed by atoms with Gasteiger partial charge in [-0.25, -0.2) is 4.98 Å². The Morgan fingerprint density at radius 2 is 2.25 bits per heavy atom. The van der Waals surface area contributed by atoms with Crippen molar-refractivity contribution in [3.8, 4) is 0 Å². The topological polar surface area (TPSA) is 31.4 Å². The van der Waals surface area contributed by atoms with Gasteiger partial charge in [0.05, 0.1) is 13.2 Å². The second-order valence-corrected chi connectivity index (χ2v) is 4.44. The molecule has 2 heterocycles. The van der Waals surface area contributed by atoms with Crippen LogP contribution < -0.4 is 0 Å². The highest BCUT2D eigenvalue weighted by Gasteiger charge is 2.13. The summed E-state index contributed by atoms with van der Waals surface area (Å²) in [6.45, 7) is 3.16. The van der Waals surface area contributed by atoms with Gasteiger partial charge in [0.1, 0.15) is 5.15 Å². The van der Waals surface area contributed by atoms with Crippen molar-refractivity contribution in [1.82, 2.24) is 4.98 Å². The van der Waals surface area contributed by atoms with Gasteiger partial charge in [-0.1, -0.05) is 11.6 Å². The van der Waals surface area contributed by atoms with Crippen molar-refractivity contribution >= 4 is 11.6 Å². The minimum absolute atomic E-state index is 0.521. The van der Waals surface area contributed by atoms with Crippen LogP contribution in [0.2, 0.25) is 5.15 Å². The number of aromatic nitrogens is 1. The van der Waals surface area contributed by atoms with Crippen LogP contribution in [0, 0.1) is 5.92 Å². The highest BCUT2D eigenvalue weighted by molar-refractivity contribution is 6.29. The van der Waals surface area contributed by atoms with Crippen molar-refractivity contribution in [3.05, 3.63) is 29.0 Å². The van der Waals surface area contributed by atoms with E-state index in [0.29, 0.717) is 17.7 Å². The maximum absolute atomic E-state index is 5.79. The predicted octanol–water partition coefficient (Wildman–Crippen LogP) is 2.68. The lowest BCUT2D eigenvalue weighted by Gasteiger charge is -2.21. The third kappa shape index (κ3) is 3.74. The fourth-order valence-electron chi connectivity index (χ4n) is 1.79. The maximum atomic E-state index is 5.79. The van der Waals surface area contributed by atoms with Crippen molar-refractivity contribution < 1.29 is 9.47 Å². The third-order valence-electron chi connectivity index (χ3n) is 2.75. The summed E-state index contributed by atoms with van der Waals surface area (Å²) < 4.78 is 11.0. The first-order valence-electron chi connectivity index (χ1n) is 5.60. The first-order chi connectivity index (χ1) is 7.84. The normalized spacial score (nSPS) is 17.6. The molecule has 0 aromatic carbocycles. The van der Waals surface area contributed by atoms with Crippen LogP contribution in [0.4, 0.5) is 0 Å².